The molecule has 1 aromatic heterocycles. The average molecular weight is 228 g/mol. The van der Waals surface area contributed by atoms with E-state index in [1.165, 1.54) is 10.4 Å². The summed E-state index contributed by atoms with van der Waals surface area (Å²) >= 11 is 1.82. The van der Waals surface area contributed by atoms with Gasteiger partial charge in [-0.05, 0) is 31.1 Å². The molecule has 0 aromatic carbocycles. The summed E-state index contributed by atoms with van der Waals surface area (Å²) in [5, 5.41) is 5.53. The van der Waals surface area contributed by atoms with E-state index in [1.54, 1.807) is 7.11 Å². The fourth-order valence-corrected chi connectivity index (χ4v) is 2.25. The zero-order valence-corrected chi connectivity index (χ0v) is 10.6. The van der Waals surface area contributed by atoms with Crippen LogP contribution in [0.1, 0.15) is 10.4 Å². The molecule has 0 aliphatic carbocycles. The SMILES string of the molecule is COCCNCc1sccc1CN(C)C. The molecular formula is C11H20N2OS. The number of hydrogen-bond acceptors (Lipinski definition) is 4. The summed E-state index contributed by atoms with van der Waals surface area (Å²) in [5.74, 6) is 0. The first-order chi connectivity index (χ1) is 7.24. The molecular weight excluding hydrogens is 208 g/mol. The van der Waals surface area contributed by atoms with Crippen LogP contribution in [0.25, 0.3) is 0 Å². The van der Waals surface area contributed by atoms with Crippen molar-refractivity contribution in [2.75, 3.05) is 34.4 Å². The average Bonchev–Trinajstić information content (AvgIpc) is 2.59. The van der Waals surface area contributed by atoms with Crippen LogP contribution >= 0.6 is 11.3 Å². The fourth-order valence-electron chi connectivity index (χ4n) is 1.38. The molecule has 0 saturated carbocycles. The zero-order chi connectivity index (χ0) is 11.1. The fraction of sp³-hybridized carbons (Fsp3) is 0.636. The van der Waals surface area contributed by atoms with Crippen molar-refractivity contribution in [2.45, 2.75) is 13.1 Å². The van der Waals surface area contributed by atoms with Crippen LogP contribution in [0, 0.1) is 0 Å². The second-order valence-corrected chi connectivity index (χ2v) is 4.78. The summed E-state index contributed by atoms with van der Waals surface area (Å²) in [4.78, 5) is 3.63. The number of thiophene rings is 1. The second-order valence-electron chi connectivity index (χ2n) is 3.78. The van der Waals surface area contributed by atoms with Crippen LogP contribution in [0.4, 0.5) is 0 Å². The van der Waals surface area contributed by atoms with Crippen molar-refractivity contribution in [3.05, 3.63) is 21.9 Å². The Morgan fingerprint density at radius 3 is 2.93 bits per heavy atom. The predicted octanol–water partition coefficient (Wildman–Crippen LogP) is 1.55. The zero-order valence-electron chi connectivity index (χ0n) is 9.75. The summed E-state index contributed by atoms with van der Waals surface area (Å²) < 4.78 is 4.99. The third-order valence-electron chi connectivity index (χ3n) is 2.09. The first-order valence-corrected chi connectivity index (χ1v) is 6.01. The van der Waals surface area contributed by atoms with Gasteiger partial charge in [0.1, 0.15) is 0 Å². The molecule has 0 unspecified atom stereocenters. The lowest BCUT2D eigenvalue weighted by Crippen LogP contribution is -2.19. The Kier molecular flexibility index (Phi) is 5.86. The molecule has 1 heterocycles. The Labute approximate surface area is 96.0 Å². The maximum absolute atomic E-state index is 4.99. The highest BCUT2D eigenvalue weighted by Gasteiger charge is 2.04. The minimum absolute atomic E-state index is 0.772. The quantitative estimate of drug-likeness (QED) is 0.717. The third-order valence-corrected chi connectivity index (χ3v) is 3.06. The van der Waals surface area contributed by atoms with Crippen molar-refractivity contribution in [3.63, 3.8) is 0 Å². The molecule has 1 N–H and O–H groups in total. The van der Waals surface area contributed by atoms with Crippen LogP contribution in [0.2, 0.25) is 0 Å². The molecule has 1 rings (SSSR count). The summed E-state index contributed by atoms with van der Waals surface area (Å²) in [6, 6.07) is 2.21. The van der Waals surface area contributed by atoms with Crippen molar-refractivity contribution in [1.82, 2.24) is 10.2 Å². The molecule has 3 nitrogen and oxygen atoms in total. The standard InChI is InChI=1S/C11H20N2OS/c1-13(2)9-10-4-7-15-11(10)8-12-5-6-14-3/h4,7,12H,5-6,8-9H2,1-3H3. The molecule has 0 saturated heterocycles. The van der Waals surface area contributed by atoms with Crippen molar-refractivity contribution in [3.8, 4) is 0 Å². The van der Waals surface area contributed by atoms with Crippen molar-refractivity contribution in [1.29, 1.82) is 0 Å². The predicted molar refractivity (Wildman–Crippen MR) is 65.3 cm³/mol. The normalized spacial score (nSPS) is 11.2. The van der Waals surface area contributed by atoms with Gasteiger partial charge in [-0.25, -0.2) is 0 Å². The van der Waals surface area contributed by atoms with Crippen LogP contribution in [0.15, 0.2) is 11.4 Å². The Morgan fingerprint density at radius 1 is 1.47 bits per heavy atom. The number of methoxy groups -OCH3 is 1. The van der Waals surface area contributed by atoms with E-state index in [4.69, 9.17) is 4.74 Å². The van der Waals surface area contributed by atoms with Gasteiger partial charge in [-0.1, -0.05) is 0 Å². The van der Waals surface area contributed by atoms with E-state index in [0.29, 0.717) is 0 Å². The van der Waals surface area contributed by atoms with Gasteiger partial charge in [0.2, 0.25) is 0 Å². The number of hydrogen-bond donors (Lipinski definition) is 1. The van der Waals surface area contributed by atoms with Gasteiger partial charge in [-0.15, -0.1) is 11.3 Å². The van der Waals surface area contributed by atoms with E-state index < -0.39 is 0 Å². The lowest BCUT2D eigenvalue weighted by Gasteiger charge is -2.10. The molecule has 1 aromatic rings. The van der Waals surface area contributed by atoms with E-state index >= 15 is 0 Å². The molecule has 86 valence electrons. The third kappa shape index (κ3) is 4.75. The minimum atomic E-state index is 0.772. The number of ether oxygens (including phenoxy) is 1. The smallest absolute Gasteiger partial charge is 0.0587 e. The Hall–Kier alpha value is -0.420. The highest BCUT2D eigenvalue weighted by atomic mass is 32.1. The maximum atomic E-state index is 4.99. The number of nitrogens with zero attached hydrogens (tertiary/aromatic N) is 1. The van der Waals surface area contributed by atoms with Crippen LogP contribution < -0.4 is 5.32 Å². The van der Waals surface area contributed by atoms with Gasteiger partial charge in [-0.2, -0.15) is 0 Å². The van der Waals surface area contributed by atoms with Crippen LogP contribution in [-0.4, -0.2) is 39.3 Å². The Balaban J connectivity index is 2.36. The van der Waals surface area contributed by atoms with Crippen molar-refractivity contribution >= 4 is 11.3 Å². The number of nitrogens with one attached hydrogen (secondary N) is 1. The molecule has 0 amide bonds. The second kappa shape index (κ2) is 6.95. The highest BCUT2D eigenvalue weighted by Crippen LogP contribution is 2.17. The molecule has 0 radical (unpaired) electrons. The lowest BCUT2D eigenvalue weighted by molar-refractivity contribution is 0.199. The van der Waals surface area contributed by atoms with Gasteiger partial charge in [0, 0.05) is 31.6 Å². The van der Waals surface area contributed by atoms with Gasteiger partial charge in [-0.3, -0.25) is 0 Å². The van der Waals surface area contributed by atoms with Gasteiger partial charge >= 0.3 is 0 Å². The van der Waals surface area contributed by atoms with E-state index in [9.17, 15) is 0 Å². The molecule has 0 spiro atoms. The van der Waals surface area contributed by atoms with Gasteiger partial charge in [0.25, 0.3) is 0 Å². The molecule has 15 heavy (non-hydrogen) atoms. The molecule has 0 aliphatic heterocycles. The first kappa shape index (κ1) is 12.6. The van der Waals surface area contributed by atoms with E-state index in [1.807, 2.05) is 11.3 Å². The van der Waals surface area contributed by atoms with E-state index in [-0.39, 0.29) is 0 Å². The van der Waals surface area contributed by atoms with Crippen LogP contribution in [-0.2, 0) is 17.8 Å². The summed E-state index contributed by atoms with van der Waals surface area (Å²) in [7, 11) is 5.92. The summed E-state index contributed by atoms with van der Waals surface area (Å²) in [6.07, 6.45) is 0. The van der Waals surface area contributed by atoms with Crippen molar-refractivity contribution < 1.29 is 4.74 Å². The first-order valence-electron chi connectivity index (χ1n) is 5.13. The highest BCUT2D eigenvalue weighted by molar-refractivity contribution is 7.10. The Morgan fingerprint density at radius 2 is 2.27 bits per heavy atom. The molecule has 0 bridgehead atoms. The molecule has 0 atom stereocenters. The summed E-state index contributed by atoms with van der Waals surface area (Å²) in [5.41, 5.74) is 1.43. The van der Waals surface area contributed by atoms with Gasteiger partial charge in [0.15, 0.2) is 0 Å². The van der Waals surface area contributed by atoms with E-state index in [0.717, 1.165) is 26.2 Å². The van der Waals surface area contributed by atoms with E-state index in [2.05, 4.69) is 35.8 Å². The molecule has 0 fully saturated rings. The van der Waals surface area contributed by atoms with Gasteiger partial charge in [0.05, 0.1) is 6.61 Å². The molecule has 4 heteroatoms. The Bertz CT molecular complexity index is 273. The maximum Gasteiger partial charge on any atom is 0.0587 e. The van der Waals surface area contributed by atoms with Crippen molar-refractivity contribution in [2.24, 2.45) is 0 Å². The van der Waals surface area contributed by atoms with Crippen LogP contribution in [0.5, 0.6) is 0 Å². The van der Waals surface area contributed by atoms with Gasteiger partial charge < -0.3 is 15.0 Å². The molecule has 0 aliphatic rings. The largest absolute Gasteiger partial charge is 0.383 e. The monoisotopic (exact) mass is 228 g/mol. The number of rotatable bonds is 7. The van der Waals surface area contributed by atoms with Crippen LogP contribution in [0.3, 0.4) is 0 Å². The summed E-state index contributed by atoms with van der Waals surface area (Å²) in [6.45, 7) is 3.65. The lowest BCUT2D eigenvalue weighted by atomic mass is 10.2. The topological polar surface area (TPSA) is 24.5 Å². The minimum Gasteiger partial charge on any atom is -0.383 e.